The molecule has 0 radical (unpaired) electrons. The molecule has 0 amide bonds. The van der Waals surface area contributed by atoms with Crippen LogP contribution >= 0.6 is 0 Å². The number of nitrogens with zero attached hydrogens (tertiary/aromatic N) is 1. The van der Waals surface area contributed by atoms with E-state index in [0.29, 0.717) is 0 Å². The van der Waals surface area contributed by atoms with E-state index in [0.717, 1.165) is 16.3 Å². The lowest BCUT2D eigenvalue weighted by Crippen LogP contribution is -2.38. The molecule has 0 spiro atoms. The predicted molar refractivity (Wildman–Crippen MR) is 85.1 cm³/mol. The van der Waals surface area contributed by atoms with Crippen molar-refractivity contribution in [3.63, 3.8) is 0 Å². The van der Waals surface area contributed by atoms with Crippen molar-refractivity contribution in [3.05, 3.63) is 62.9 Å². The van der Waals surface area contributed by atoms with Gasteiger partial charge in [0.05, 0.1) is 12.8 Å². The second-order valence-corrected chi connectivity index (χ2v) is 5.66. The van der Waals surface area contributed by atoms with Crippen molar-refractivity contribution in [1.29, 1.82) is 0 Å². The van der Waals surface area contributed by atoms with Crippen LogP contribution in [0.5, 0.6) is 5.75 Å². The Hall–Kier alpha value is -2.46. The van der Waals surface area contributed by atoms with Crippen molar-refractivity contribution in [2.45, 2.75) is 31.1 Å². The third-order valence-corrected chi connectivity index (χ3v) is 3.96. The molecule has 0 bridgehead atoms. The first-order chi connectivity index (χ1) is 12.0. The van der Waals surface area contributed by atoms with Gasteiger partial charge in [-0.05, 0) is 5.56 Å². The van der Waals surface area contributed by atoms with Gasteiger partial charge in [-0.15, -0.1) is 0 Å². The highest BCUT2D eigenvalue weighted by molar-refractivity contribution is 5.17. The summed E-state index contributed by atoms with van der Waals surface area (Å²) >= 11 is 0. The first-order valence-electron chi connectivity index (χ1n) is 7.66. The Morgan fingerprint density at radius 1 is 1.16 bits per heavy atom. The van der Waals surface area contributed by atoms with Crippen LogP contribution in [0.3, 0.4) is 0 Å². The summed E-state index contributed by atoms with van der Waals surface area (Å²) in [5.41, 5.74) is -0.719. The van der Waals surface area contributed by atoms with Crippen LogP contribution in [0.1, 0.15) is 11.8 Å². The molecule has 25 heavy (non-hydrogen) atoms. The Bertz CT molecular complexity index is 832. The SMILES string of the molecule is O=c1[nH]c(=O)n([C@@H]2O[C@@H](CO)[C@@H](O)[C@@H]2O)cc1OCc1ccccc1. The Morgan fingerprint density at radius 3 is 2.52 bits per heavy atom. The zero-order valence-electron chi connectivity index (χ0n) is 13.1. The van der Waals surface area contributed by atoms with E-state index in [1.807, 2.05) is 30.3 Å². The molecule has 1 aromatic heterocycles. The Morgan fingerprint density at radius 2 is 1.88 bits per heavy atom. The molecule has 4 atom stereocenters. The fourth-order valence-corrected chi connectivity index (χ4v) is 2.60. The monoisotopic (exact) mass is 350 g/mol. The molecule has 0 saturated carbocycles. The average Bonchev–Trinajstić information content (AvgIpc) is 2.90. The van der Waals surface area contributed by atoms with Crippen molar-refractivity contribution in [2.24, 2.45) is 0 Å². The van der Waals surface area contributed by atoms with Gasteiger partial charge in [0, 0.05) is 0 Å². The van der Waals surface area contributed by atoms with E-state index in [4.69, 9.17) is 14.6 Å². The molecule has 2 heterocycles. The first-order valence-corrected chi connectivity index (χ1v) is 7.66. The van der Waals surface area contributed by atoms with Crippen LogP contribution < -0.4 is 16.0 Å². The van der Waals surface area contributed by atoms with Crippen LogP contribution in [0.25, 0.3) is 0 Å². The van der Waals surface area contributed by atoms with Gasteiger partial charge in [-0.25, -0.2) is 4.79 Å². The molecule has 1 aliphatic heterocycles. The summed E-state index contributed by atoms with van der Waals surface area (Å²) in [6.45, 7) is -0.414. The molecule has 1 fully saturated rings. The standard InChI is InChI=1S/C16H18N2O7/c19-7-11-12(20)13(21)15(25-11)18-6-10(14(22)17-16(18)23)24-8-9-4-2-1-3-5-9/h1-6,11-13,15,19-21H,7-8H2,(H,17,22,23)/t11-,12+,13-,15+/m0/s1. The predicted octanol–water partition coefficient (Wildman–Crippen LogP) is -1.27. The number of rotatable bonds is 5. The zero-order valence-corrected chi connectivity index (χ0v) is 13.1. The summed E-state index contributed by atoms with van der Waals surface area (Å²) in [5, 5.41) is 29.0. The van der Waals surface area contributed by atoms with Gasteiger partial charge in [0.15, 0.2) is 6.23 Å². The van der Waals surface area contributed by atoms with E-state index < -0.39 is 42.4 Å². The number of aromatic nitrogens is 2. The van der Waals surface area contributed by atoms with Gasteiger partial charge in [0.1, 0.15) is 24.9 Å². The largest absolute Gasteiger partial charge is 0.482 e. The van der Waals surface area contributed by atoms with Crippen molar-refractivity contribution in [1.82, 2.24) is 9.55 Å². The second-order valence-electron chi connectivity index (χ2n) is 5.66. The molecule has 3 rings (SSSR count). The van der Waals surface area contributed by atoms with E-state index in [1.54, 1.807) is 0 Å². The highest BCUT2D eigenvalue weighted by Crippen LogP contribution is 2.28. The summed E-state index contributed by atoms with van der Waals surface area (Å²) in [6.07, 6.45) is -3.97. The number of aliphatic hydroxyl groups is 3. The quantitative estimate of drug-likeness (QED) is 0.528. The molecule has 1 aliphatic rings. The summed E-state index contributed by atoms with van der Waals surface area (Å²) < 4.78 is 11.7. The van der Waals surface area contributed by atoms with Gasteiger partial charge in [-0.1, -0.05) is 30.3 Å². The normalized spacial score (nSPS) is 25.9. The molecule has 4 N–H and O–H groups in total. The Kier molecular flexibility index (Phi) is 5.00. The highest BCUT2D eigenvalue weighted by atomic mass is 16.6. The van der Waals surface area contributed by atoms with E-state index in [-0.39, 0.29) is 12.4 Å². The molecule has 2 aromatic rings. The van der Waals surface area contributed by atoms with Gasteiger partial charge in [-0.3, -0.25) is 14.3 Å². The molecular weight excluding hydrogens is 332 g/mol. The van der Waals surface area contributed by atoms with Gasteiger partial charge in [0.25, 0.3) is 5.56 Å². The van der Waals surface area contributed by atoms with Crippen molar-refractivity contribution >= 4 is 0 Å². The number of aliphatic hydroxyl groups excluding tert-OH is 3. The van der Waals surface area contributed by atoms with Crippen molar-refractivity contribution in [2.75, 3.05) is 6.61 Å². The fraction of sp³-hybridized carbons (Fsp3) is 0.375. The number of hydrogen-bond donors (Lipinski definition) is 4. The molecule has 134 valence electrons. The second kappa shape index (κ2) is 7.19. The van der Waals surface area contributed by atoms with Crippen LogP contribution in [-0.4, -0.2) is 49.8 Å². The van der Waals surface area contributed by atoms with Crippen LogP contribution in [0.2, 0.25) is 0 Å². The lowest BCUT2D eigenvalue weighted by atomic mass is 10.1. The summed E-state index contributed by atoms with van der Waals surface area (Å²) in [5.74, 6) is -0.138. The van der Waals surface area contributed by atoms with Crippen LogP contribution in [-0.2, 0) is 11.3 Å². The molecular formula is C16H18N2O7. The molecule has 0 unspecified atom stereocenters. The van der Waals surface area contributed by atoms with E-state index in [1.165, 1.54) is 0 Å². The highest BCUT2D eigenvalue weighted by Gasteiger charge is 2.43. The minimum absolute atomic E-state index is 0.109. The Labute approximate surface area is 141 Å². The number of hydrogen-bond acceptors (Lipinski definition) is 7. The molecule has 9 heteroatoms. The van der Waals surface area contributed by atoms with Crippen LogP contribution in [0.4, 0.5) is 0 Å². The number of ether oxygens (including phenoxy) is 2. The zero-order chi connectivity index (χ0) is 18.0. The minimum atomic E-state index is -1.44. The first kappa shape index (κ1) is 17.4. The van der Waals surface area contributed by atoms with E-state index in [9.17, 15) is 19.8 Å². The van der Waals surface area contributed by atoms with Gasteiger partial charge in [-0.2, -0.15) is 0 Å². The average molecular weight is 350 g/mol. The maximum absolute atomic E-state index is 12.0. The number of aromatic amines is 1. The number of H-pyrrole nitrogens is 1. The summed E-state index contributed by atoms with van der Waals surface area (Å²) in [4.78, 5) is 26.0. The maximum atomic E-state index is 12.0. The van der Waals surface area contributed by atoms with Crippen LogP contribution in [0.15, 0.2) is 46.1 Å². The maximum Gasteiger partial charge on any atom is 0.330 e. The van der Waals surface area contributed by atoms with Crippen molar-refractivity contribution < 1.29 is 24.8 Å². The van der Waals surface area contributed by atoms with Gasteiger partial charge in [0.2, 0.25) is 5.75 Å². The minimum Gasteiger partial charge on any atom is -0.482 e. The third kappa shape index (κ3) is 3.49. The molecule has 1 saturated heterocycles. The molecule has 9 nitrogen and oxygen atoms in total. The van der Waals surface area contributed by atoms with Gasteiger partial charge >= 0.3 is 5.69 Å². The van der Waals surface area contributed by atoms with Crippen molar-refractivity contribution in [3.8, 4) is 5.75 Å². The molecule has 1 aromatic carbocycles. The molecule has 0 aliphatic carbocycles. The number of nitrogens with one attached hydrogen (secondary N) is 1. The topological polar surface area (TPSA) is 134 Å². The smallest absolute Gasteiger partial charge is 0.330 e. The van der Waals surface area contributed by atoms with Gasteiger partial charge < -0.3 is 24.8 Å². The van der Waals surface area contributed by atoms with Crippen LogP contribution in [0, 0.1) is 0 Å². The summed E-state index contributed by atoms with van der Waals surface area (Å²) in [6, 6.07) is 9.12. The summed E-state index contributed by atoms with van der Waals surface area (Å²) in [7, 11) is 0. The van der Waals surface area contributed by atoms with E-state index in [2.05, 4.69) is 4.98 Å². The fourth-order valence-electron chi connectivity index (χ4n) is 2.60. The lowest BCUT2D eigenvalue weighted by molar-refractivity contribution is -0.0553. The Balaban J connectivity index is 1.86. The third-order valence-electron chi connectivity index (χ3n) is 3.96. The number of benzene rings is 1. The van der Waals surface area contributed by atoms with E-state index >= 15 is 0 Å². The lowest BCUT2D eigenvalue weighted by Gasteiger charge is -2.18.